The van der Waals surface area contributed by atoms with E-state index in [-0.39, 0.29) is 11.3 Å². The van der Waals surface area contributed by atoms with Crippen molar-refractivity contribution in [1.82, 2.24) is 4.90 Å². The summed E-state index contributed by atoms with van der Waals surface area (Å²) >= 11 is 7.66. The molecule has 2 heterocycles. The van der Waals surface area contributed by atoms with Crippen molar-refractivity contribution in [3.8, 4) is 0 Å². The Bertz CT molecular complexity index is 565. The summed E-state index contributed by atoms with van der Waals surface area (Å²) in [6.45, 7) is 1.45. The van der Waals surface area contributed by atoms with Gasteiger partial charge < -0.3 is 4.90 Å². The monoisotopic (exact) mass is 265 g/mol. The highest BCUT2D eigenvalue weighted by atomic mass is 35.5. The lowest BCUT2D eigenvalue weighted by Gasteiger charge is -2.14. The molecule has 0 radical (unpaired) electrons. The second-order valence-corrected chi connectivity index (χ2v) is 5.81. The molecule has 0 saturated carbocycles. The number of carbonyl (C=O) groups excluding carboxylic acids is 1. The average Bonchev–Trinajstić information content (AvgIpc) is 2.94. The first-order valence-electron chi connectivity index (χ1n) is 5.65. The number of benzene rings is 1. The Hall–Kier alpha value is -1.06. The van der Waals surface area contributed by atoms with Crippen LogP contribution < -0.4 is 0 Å². The largest absolute Gasteiger partial charge is 0.337 e. The van der Waals surface area contributed by atoms with Crippen LogP contribution in [0.4, 0.5) is 0 Å². The number of fused-ring (bicyclic) bond motifs is 1. The summed E-state index contributed by atoms with van der Waals surface area (Å²) in [7, 11) is 0. The molecular weight excluding hydrogens is 254 g/mol. The van der Waals surface area contributed by atoms with Crippen molar-refractivity contribution in [2.24, 2.45) is 0 Å². The maximum absolute atomic E-state index is 12.3. The number of thiophene rings is 1. The third-order valence-electron chi connectivity index (χ3n) is 3.13. The zero-order valence-corrected chi connectivity index (χ0v) is 10.8. The van der Waals surface area contributed by atoms with Gasteiger partial charge in [0, 0.05) is 28.6 Å². The summed E-state index contributed by atoms with van der Waals surface area (Å²) < 4.78 is 1.16. The zero-order chi connectivity index (χ0) is 11.8. The van der Waals surface area contributed by atoms with Crippen LogP contribution in [0, 0.1) is 0 Å². The van der Waals surface area contributed by atoms with Gasteiger partial charge in [0.05, 0.1) is 10.9 Å². The summed E-state index contributed by atoms with van der Waals surface area (Å²) in [5.74, 6) is 0.116. The number of rotatable bonds is 1. The van der Waals surface area contributed by atoms with Gasteiger partial charge >= 0.3 is 0 Å². The molecule has 3 rings (SSSR count). The normalized spacial score (nSPS) is 20.1. The molecule has 1 fully saturated rings. The molecule has 0 aliphatic carbocycles. The van der Waals surface area contributed by atoms with Crippen LogP contribution in [0.25, 0.3) is 10.1 Å². The smallest absolute Gasteiger partial charge is 0.255 e. The van der Waals surface area contributed by atoms with Gasteiger partial charge in [-0.25, -0.2) is 0 Å². The van der Waals surface area contributed by atoms with Crippen LogP contribution in [-0.4, -0.2) is 29.3 Å². The minimum Gasteiger partial charge on any atom is -0.337 e. The van der Waals surface area contributed by atoms with E-state index >= 15 is 0 Å². The van der Waals surface area contributed by atoms with Crippen molar-refractivity contribution in [2.75, 3.05) is 13.1 Å². The maximum Gasteiger partial charge on any atom is 0.255 e. The van der Waals surface area contributed by atoms with E-state index in [1.54, 1.807) is 11.3 Å². The van der Waals surface area contributed by atoms with Gasteiger partial charge in [0.1, 0.15) is 0 Å². The van der Waals surface area contributed by atoms with Crippen LogP contribution in [0.15, 0.2) is 29.6 Å². The van der Waals surface area contributed by atoms with Crippen molar-refractivity contribution in [3.05, 3.63) is 35.2 Å². The van der Waals surface area contributed by atoms with E-state index in [9.17, 15) is 4.79 Å². The number of alkyl halides is 1. The molecular formula is C13H12ClNOS. The quantitative estimate of drug-likeness (QED) is 0.724. The fourth-order valence-electron chi connectivity index (χ4n) is 2.22. The van der Waals surface area contributed by atoms with E-state index < -0.39 is 0 Å². The summed E-state index contributed by atoms with van der Waals surface area (Å²) in [6.07, 6.45) is 0.898. The Kier molecular flexibility index (Phi) is 2.81. The lowest BCUT2D eigenvalue weighted by atomic mass is 10.1. The Morgan fingerprint density at radius 2 is 2.24 bits per heavy atom. The molecule has 1 aromatic heterocycles. The van der Waals surface area contributed by atoms with Crippen molar-refractivity contribution in [3.63, 3.8) is 0 Å². The molecule has 1 aromatic carbocycles. The number of halogens is 1. The topological polar surface area (TPSA) is 20.3 Å². The van der Waals surface area contributed by atoms with Crippen molar-refractivity contribution in [2.45, 2.75) is 11.8 Å². The molecule has 1 atom stereocenters. The van der Waals surface area contributed by atoms with Crippen LogP contribution >= 0.6 is 22.9 Å². The van der Waals surface area contributed by atoms with E-state index in [2.05, 4.69) is 0 Å². The van der Waals surface area contributed by atoms with Gasteiger partial charge in [0.25, 0.3) is 5.91 Å². The SMILES string of the molecule is O=C(c1csc2ccccc12)N1CCC(Cl)C1. The van der Waals surface area contributed by atoms with Crippen LogP contribution in [0.1, 0.15) is 16.8 Å². The molecule has 1 saturated heterocycles. The molecule has 1 amide bonds. The molecule has 17 heavy (non-hydrogen) atoms. The lowest BCUT2D eigenvalue weighted by molar-refractivity contribution is 0.0795. The molecule has 1 aliphatic rings. The standard InChI is InChI=1S/C13H12ClNOS/c14-9-5-6-15(7-9)13(16)11-8-17-12-4-2-1-3-10(11)12/h1-4,8-9H,5-7H2. The highest BCUT2D eigenvalue weighted by Gasteiger charge is 2.26. The van der Waals surface area contributed by atoms with Crippen molar-refractivity contribution in [1.29, 1.82) is 0 Å². The van der Waals surface area contributed by atoms with Crippen LogP contribution in [-0.2, 0) is 0 Å². The Balaban J connectivity index is 1.96. The highest BCUT2D eigenvalue weighted by Crippen LogP contribution is 2.28. The van der Waals surface area contributed by atoms with Crippen molar-refractivity contribution >= 4 is 38.9 Å². The van der Waals surface area contributed by atoms with Crippen LogP contribution in [0.5, 0.6) is 0 Å². The minimum absolute atomic E-state index is 0.115. The van der Waals surface area contributed by atoms with E-state index in [0.717, 1.165) is 28.6 Å². The second-order valence-electron chi connectivity index (χ2n) is 4.28. The Morgan fingerprint density at radius 1 is 1.41 bits per heavy atom. The molecule has 2 aromatic rings. The minimum atomic E-state index is 0.115. The Morgan fingerprint density at radius 3 is 3.00 bits per heavy atom. The van der Waals surface area contributed by atoms with Gasteiger partial charge in [-0.15, -0.1) is 22.9 Å². The molecule has 2 nitrogen and oxygen atoms in total. The molecule has 0 N–H and O–H groups in total. The number of nitrogens with zero attached hydrogens (tertiary/aromatic N) is 1. The molecule has 0 spiro atoms. The van der Waals surface area contributed by atoms with Gasteiger partial charge in [0.15, 0.2) is 0 Å². The zero-order valence-electron chi connectivity index (χ0n) is 9.23. The summed E-state index contributed by atoms with van der Waals surface area (Å²) in [5.41, 5.74) is 0.816. The van der Waals surface area contributed by atoms with Gasteiger partial charge in [-0.3, -0.25) is 4.79 Å². The van der Waals surface area contributed by atoms with Gasteiger partial charge in [-0.05, 0) is 12.5 Å². The molecule has 1 aliphatic heterocycles. The van der Waals surface area contributed by atoms with Gasteiger partial charge in [-0.2, -0.15) is 0 Å². The number of hydrogen-bond acceptors (Lipinski definition) is 2. The number of likely N-dealkylation sites (tertiary alicyclic amines) is 1. The molecule has 1 unspecified atom stereocenters. The second kappa shape index (κ2) is 4.31. The number of amides is 1. The molecule has 88 valence electrons. The van der Waals surface area contributed by atoms with E-state index in [1.165, 1.54) is 0 Å². The first-order valence-corrected chi connectivity index (χ1v) is 6.97. The fraction of sp³-hybridized carbons (Fsp3) is 0.308. The van der Waals surface area contributed by atoms with Crippen LogP contribution in [0.2, 0.25) is 0 Å². The van der Waals surface area contributed by atoms with Crippen LogP contribution in [0.3, 0.4) is 0 Å². The predicted octanol–water partition coefficient (Wildman–Crippen LogP) is 3.35. The number of carbonyl (C=O) groups is 1. The maximum atomic E-state index is 12.3. The Labute approximate surface area is 109 Å². The summed E-state index contributed by atoms with van der Waals surface area (Å²) in [4.78, 5) is 14.2. The third kappa shape index (κ3) is 1.94. The van der Waals surface area contributed by atoms with Crippen molar-refractivity contribution < 1.29 is 4.79 Å². The first kappa shape index (κ1) is 11.1. The van der Waals surface area contributed by atoms with E-state index in [1.807, 2.05) is 34.5 Å². The molecule has 0 bridgehead atoms. The number of hydrogen-bond donors (Lipinski definition) is 0. The highest BCUT2D eigenvalue weighted by molar-refractivity contribution is 7.17. The summed E-state index contributed by atoms with van der Waals surface area (Å²) in [5, 5.41) is 3.12. The van der Waals surface area contributed by atoms with Gasteiger partial charge in [0.2, 0.25) is 0 Å². The first-order chi connectivity index (χ1) is 8.25. The van der Waals surface area contributed by atoms with E-state index in [0.29, 0.717) is 6.54 Å². The predicted molar refractivity (Wildman–Crippen MR) is 72.0 cm³/mol. The average molecular weight is 266 g/mol. The van der Waals surface area contributed by atoms with E-state index in [4.69, 9.17) is 11.6 Å². The third-order valence-corrected chi connectivity index (χ3v) is 4.45. The summed E-state index contributed by atoms with van der Waals surface area (Å²) in [6, 6.07) is 8.02. The lowest BCUT2D eigenvalue weighted by Crippen LogP contribution is -2.28. The fourth-order valence-corrected chi connectivity index (χ4v) is 3.41. The molecule has 4 heteroatoms. The van der Waals surface area contributed by atoms with Gasteiger partial charge in [-0.1, -0.05) is 18.2 Å².